The van der Waals surface area contributed by atoms with Crippen LogP contribution in [0.2, 0.25) is 0 Å². The van der Waals surface area contributed by atoms with Crippen LogP contribution in [0.1, 0.15) is 24.2 Å². The summed E-state index contributed by atoms with van der Waals surface area (Å²) in [4.78, 5) is 24.0. The topological polar surface area (TPSA) is 52.6 Å². The molecule has 0 amide bonds. The maximum absolute atomic E-state index is 12.6. The van der Waals surface area contributed by atoms with E-state index in [-0.39, 0.29) is 6.61 Å². The van der Waals surface area contributed by atoms with Gasteiger partial charge in [0, 0.05) is 17.9 Å². The minimum atomic E-state index is -0.444. The quantitative estimate of drug-likeness (QED) is 0.516. The SMILES string of the molecule is CCOC(=O)c1cc(OC(C)=O)c2ccccc2c1-c1ccccc1. The average molecular weight is 334 g/mol. The summed E-state index contributed by atoms with van der Waals surface area (Å²) in [6.07, 6.45) is 0. The first kappa shape index (κ1) is 16.7. The van der Waals surface area contributed by atoms with Crippen molar-refractivity contribution < 1.29 is 19.1 Å². The molecule has 0 aliphatic carbocycles. The van der Waals surface area contributed by atoms with E-state index < -0.39 is 11.9 Å². The molecule has 0 radical (unpaired) electrons. The summed E-state index contributed by atoms with van der Waals surface area (Å²) in [6.45, 7) is 3.36. The van der Waals surface area contributed by atoms with Crippen LogP contribution in [-0.4, -0.2) is 18.5 Å². The Morgan fingerprint density at radius 3 is 2.20 bits per heavy atom. The van der Waals surface area contributed by atoms with Crippen molar-refractivity contribution >= 4 is 22.7 Å². The molecule has 0 aromatic heterocycles. The number of fused-ring (bicyclic) bond motifs is 1. The highest BCUT2D eigenvalue weighted by molar-refractivity contribution is 6.10. The molecular weight excluding hydrogens is 316 g/mol. The van der Waals surface area contributed by atoms with Crippen LogP contribution in [0, 0.1) is 0 Å². The molecule has 126 valence electrons. The van der Waals surface area contributed by atoms with E-state index in [9.17, 15) is 9.59 Å². The summed E-state index contributed by atoms with van der Waals surface area (Å²) in [5, 5.41) is 1.60. The molecule has 0 heterocycles. The van der Waals surface area contributed by atoms with Gasteiger partial charge >= 0.3 is 11.9 Å². The normalized spacial score (nSPS) is 10.5. The van der Waals surface area contributed by atoms with Gasteiger partial charge in [0.2, 0.25) is 0 Å². The largest absolute Gasteiger partial charge is 0.462 e. The number of hydrogen-bond acceptors (Lipinski definition) is 4. The first-order chi connectivity index (χ1) is 12.1. The van der Waals surface area contributed by atoms with E-state index in [1.807, 2.05) is 54.6 Å². The van der Waals surface area contributed by atoms with Crippen LogP contribution in [0.5, 0.6) is 5.75 Å². The van der Waals surface area contributed by atoms with Gasteiger partial charge in [-0.15, -0.1) is 0 Å². The fraction of sp³-hybridized carbons (Fsp3) is 0.143. The molecule has 25 heavy (non-hydrogen) atoms. The molecule has 3 aromatic carbocycles. The summed E-state index contributed by atoms with van der Waals surface area (Å²) >= 11 is 0. The van der Waals surface area contributed by atoms with Crippen molar-refractivity contribution in [2.45, 2.75) is 13.8 Å². The summed E-state index contributed by atoms with van der Waals surface area (Å²) in [6, 6.07) is 18.8. The standard InChI is InChI=1S/C21H18O4/c1-3-24-21(23)18-13-19(25-14(2)22)16-11-7-8-12-17(16)20(18)15-9-5-4-6-10-15/h4-13H,3H2,1-2H3. The van der Waals surface area contributed by atoms with Crippen LogP contribution in [0.4, 0.5) is 0 Å². The molecule has 3 aromatic rings. The molecule has 4 nitrogen and oxygen atoms in total. The van der Waals surface area contributed by atoms with Crippen LogP contribution in [0.15, 0.2) is 60.7 Å². The van der Waals surface area contributed by atoms with Gasteiger partial charge in [-0.05, 0) is 23.9 Å². The number of rotatable bonds is 4. The zero-order valence-electron chi connectivity index (χ0n) is 14.1. The number of hydrogen-bond donors (Lipinski definition) is 0. The fourth-order valence-electron chi connectivity index (χ4n) is 2.87. The molecule has 0 aliphatic heterocycles. The lowest BCUT2D eigenvalue weighted by atomic mass is 9.92. The van der Waals surface area contributed by atoms with Gasteiger partial charge in [0.05, 0.1) is 12.2 Å². The maximum atomic E-state index is 12.6. The Kier molecular flexibility index (Phi) is 4.80. The van der Waals surface area contributed by atoms with Gasteiger partial charge in [-0.2, -0.15) is 0 Å². The zero-order chi connectivity index (χ0) is 17.8. The summed E-state index contributed by atoms with van der Waals surface area (Å²) in [5.41, 5.74) is 2.05. The molecule has 0 saturated carbocycles. The van der Waals surface area contributed by atoms with Gasteiger partial charge in [-0.3, -0.25) is 4.79 Å². The molecule has 0 aliphatic rings. The highest BCUT2D eigenvalue weighted by Crippen LogP contribution is 2.38. The molecule has 3 rings (SSSR count). The summed E-state index contributed by atoms with van der Waals surface area (Å²) in [5.74, 6) is -0.529. The lowest BCUT2D eigenvalue weighted by molar-refractivity contribution is -0.131. The predicted molar refractivity (Wildman–Crippen MR) is 96.6 cm³/mol. The van der Waals surface area contributed by atoms with E-state index in [1.165, 1.54) is 6.92 Å². The lowest BCUT2D eigenvalue weighted by Crippen LogP contribution is -2.09. The number of benzene rings is 3. The van der Waals surface area contributed by atoms with Gasteiger partial charge in [0.25, 0.3) is 0 Å². The van der Waals surface area contributed by atoms with Crippen LogP contribution in [-0.2, 0) is 9.53 Å². The fourth-order valence-corrected chi connectivity index (χ4v) is 2.87. The molecule has 0 spiro atoms. The highest BCUT2D eigenvalue weighted by Gasteiger charge is 2.20. The van der Waals surface area contributed by atoms with Crippen LogP contribution in [0.3, 0.4) is 0 Å². The Labute approximate surface area is 146 Å². The van der Waals surface area contributed by atoms with Gasteiger partial charge in [0.15, 0.2) is 0 Å². The van der Waals surface area contributed by atoms with Gasteiger partial charge in [-0.1, -0.05) is 54.6 Å². The Hall–Kier alpha value is -3.14. The smallest absolute Gasteiger partial charge is 0.338 e. The molecule has 4 heteroatoms. The number of esters is 2. The van der Waals surface area contributed by atoms with E-state index in [0.717, 1.165) is 21.9 Å². The van der Waals surface area contributed by atoms with Crippen molar-refractivity contribution in [3.63, 3.8) is 0 Å². The third-order valence-corrected chi connectivity index (χ3v) is 3.82. The third kappa shape index (κ3) is 3.38. The molecule has 0 N–H and O–H groups in total. The van der Waals surface area contributed by atoms with Crippen LogP contribution < -0.4 is 4.74 Å². The minimum Gasteiger partial charge on any atom is -0.462 e. The van der Waals surface area contributed by atoms with Crippen molar-refractivity contribution in [1.82, 2.24) is 0 Å². The van der Waals surface area contributed by atoms with Crippen molar-refractivity contribution in [1.29, 1.82) is 0 Å². The highest BCUT2D eigenvalue weighted by atomic mass is 16.5. The third-order valence-electron chi connectivity index (χ3n) is 3.82. The van der Waals surface area contributed by atoms with E-state index in [4.69, 9.17) is 9.47 Å². The Morgan fingerprint density at radius 2 is 1.56 bits per heavy atom. The monoisotopic (exact) mass is 334 g/mol. The van der Waals surface area contributed by atoms with Crippen LogP contribution >= 0.6 is 0 Å². The van der Waals surface area contributed by atoms with Crippen molar-refractivity contribution in [3.8, 4) is 16.9 Å². The van der Waals surface area contributed by atoms with Gasteiger partial charge in [-0.25, -0.2) is 4.79 Å². The minimum absolute atomic E-state index is 0.267. The van der Waals surface area contributed by atoms with E-state index in [1.54, 1.807) is 13.0 Å². The second-order valence-electron chi connectivity index (χ2n) is 5.52. The van der Waals surface area contributed by atoms with Gasteiger partial charge < -0.3 is 9.47 Å². The Bertz CT molecular complexity index is 929. The molecule has 0 atom stereocenters. The molecule has 0 saturated heterocycles. The Balaban J connectivity index is 2.36. The van der Waals surface area contributed by atoms with Crippen molar-refractivity contribution in [2.75, 3.05) is 6.61 Å². The first-order valence-corrected chi connectivity index (χ1v) is 8.08. The maximum Gasteiger partial charge on any atom is 0.338 e. The average Bonchev–Trinajstić information content (AvgIpc) is 2.62. The molecular formula is C21H18O4. The summed E-state index contributed by atoms with van der Waals surface area (Å²) < 4.78 is 10.6. The lowest BCUT2D eigenvalue weighted by Gasteiger charge is -2.16. The van der Waals surface area contributed by atoms with Crippen molar-refractivity contribution in [2.24, 2.45) is 0 Å². The van der Waals surface area contributed by atoms with E-state index in [0.29, 0.717) is 11.3 Å². The molecule has 0 fully saturated rings. The van der Waals surface area contributed by atoms with Crippen LogP contribution in [0.25, 0.3) is 21.9 Å². The first-order valence-electron chi connectivity index (χ1n) is 8.08. The second-order valence-corrected chi connectivity index (χ2v) is 5.52. The number of ether oxygens (including phenoxy) is 2. The molecule has 0 unspecified atom stereocenters. The predicted octanol–water partition coefficient (Wildman–Crippen LogP) is 4.61. The van der Waals surface area contributed by atoms with E-state index in [2.05, 4.69) is 0 Å². The summed E-state index contributed by atoms with van der Waals surface area (Å²) in [7, 11) is 0. The number of carbonyl (C=O) groups excluding carboxylic acids is 2. The number of carbonyl (C=O) groups is 2. The Morgan fingerprint density at radius 1 is 0.920 bits per heavy atom. The van der Waals surface area contributed by atoms with E-state index >= 15 is 0 Å². The van der Waals surface area contributed by atoms with Crippen molar-refractivity contribution in [3.05, 3.63) is 66.2 Å². The molecule has 0 bridgehead atoms. The van der Waals surface area contributed by atoms with Gasteiger partial charge in [0.1, 0.15) is 5.75 Å². The zero-order valence-corrected chi connectivity index (χ0v) is 14.1. The second kappa shape index (κ2) is 7.18.